The molecule has 0 spiro atoms. The van der Waals surface area contributed by atoms with Gasteiger partial charge in [0.2, 0.25) is 5.56 Å². The Hall–Kier alpha value is -2.40. The number of carbonyl (C=O) groups excluding carboxylic acids is 1. The number of methoxy groups -OCH3 is 1. The molecular weight excluding hydrogens is 256 g/mol. The Morgan fingerprint density at radius 2 is 1.85 bits per heavy atom. The maximum absolute atomic E-state index is 11.8. The maximum atomic E-state index is 11.8. The summed E-state index contributed by atoms with van der Waals surface area (Å²) in [6.45, 7) is 1.01. The Morgan fingerprint density at radius 3 is 2.45 bits per heavy atom. The van der Waals surface area contributed by atoms with E-state index in [1.165, 1.54) is 18.3 Å². The van der Waals surface area contributed by atoms with Crippen molar-refractivity contribution in [2.75, 3.05) is 7.11 Å². The van der Waals surface area contributed by atoms with Crippen molar-refractivity contribution in [3.05, 3.63) is 69.6 Å². The SMILES string of the molecule is COCc1ccc(CNC(=O)c2ccc(=O)[nH]c2)cc1. The monoisotopic (exact) mass is 272 g/mol. The molecule has 0 atom stereocenters. The highest BCUT2D eigenvalue weighted by Crippen LogP contribution is 2.05. The average Bonchev–Trinajstić information content (AvgIpc) is 2.47. The lowest BCUT2D eigenvalue weighted by Crippen LogP contribution is -2.23. The number of amides is 1. The van der Waals surface area contributed by atoms with Gasteiger partial charge < -0.3 is 15.0 Å². The van der Waals surface area contributed by atoms with E-state index >= 15 is 0 Å². The average molecular weight is 272 g/mol. The zero-order chi connectivity index (χ0) is 14.4. The van der Waals surface area contributed by atoms with Crippen molar-refractivity contribution in [2.24, 2.45) is 0 Å². The molecule has 0 fully saturated rings. The van der Waals surface area contributed by atoms with Gasteiger partial charge in [0.1, 0.15) is 0 Å². The molecule has 0 bridgehead atoms. The summed E-state index contributed by atoms with van der Waals surface area (Å²) in [7, 11) is 1.65. The molecule has 2 aromatic rings. The van der Waals surface area contributed by atoms with Crippen LogP contribution in [0.5, 0.6) is 0 Å². The third-order valence-electron chi connectivity index (χ3n) is 2.83. The summed E-state index contributed by atoms with van der Waals surface area (Å²) >= 11 is 0. The molecule has 2 N–H and O–H groups in total. The van der Waals surface area contributed by atoms with E-state index in [1.54, 1.807) is 7.11 Å². The molecule has 2 rings (SSSR count). The Kier molecular flexibility index (Phi) is 4.68. The summed E-state index contributed by atoms with van der Waals surface area (Å²) in [5.41, 5.74) is 2.29. The number of H-pyrrole nitrogens is 1. The summed E-state index contributed by atoms with van der Waals surface area (Å²) in [6, 6.07) is 10.6. The van der Waals surface area contributed by atoms with Crippen LogP contribution in [-0.4, -0.2) is 18.0 Å². The highest BCUT2D eigenvalue weighted by atomic mass is 16.5. The molecule has 0 saturated heterocycles. The van der Waals surface area contributed by atoms with E-state index in [1.807, 2.05) is 24.3 Å². The topological polar surface area (TPSA) is 71.2 Å². The molecule has 104 valence electrons. The van der Waals surface area contributed by atoms with Crippen LogP contribution in [0.15, 0.2) is 47.4 Å². The Bertz CT molecular complexity index is 612. The maximum Gasteiger partial charge on any atom is 0.253 e. The number of hydrogen-bond donors (Lipinski definition) is 2. The van der Waals surface area contributed by atoms with Gasteiger partial charge in [0.05, 0.1) is 12.2 Å². The van der Waals surface area contributed by atoms with Crippen molar-refractivity contribution in [1.82, 2.24) is 10.3 Å². The predicted molar refractivity (Wildman–Crippen MR) is 75.4 cm³/mol. The fraction of sp³-hybridized carbons (Fsp3) is 0.200. The van der Waals surface area contributed by atoms with Crippen LogP contribution < -0.4 is 10.9 Å². The van der Waals surface area contributed by atoms with E-state index in [0.717, 1.165) is 11.1 Å². The molecule has 1 aromatic carbocycles. The molecule has 0 aliphatic carbocycles. The second-order valence-corrected chi connectivity index (χ2v) is 4.37. The first kappa shape index (κ1) is 14.0. The van der Waals surface area contributed by atoms with Crippen LogP contribution >= 0.6 is 0 Å². The standard InChI is InChI=1S/C15H16N2O3/c1-20-10-12-4-2-11(3-5-12)8-17-15(19)13-6-7-14(18)16-9-13/h2-7,9H,8,10H2,1H3,(H,16,18)(H,17,19). The molecule has 0 saturated carbocycles. The van der Waals surface area contributed by atoms with Crippen LogP contribution in [0.4, 0.5) is 0 Å². The third kappa shape index (κ3) is 3.80. The number of hydrogen-bond acceptors (Lipinski definition) is 3. The molecule has 0 aliphatic rings. The minimum Gasteiger partial charge on any atom is -0.380 e. The van der Waals surface area contributed by atoms with Crippen molar-refractivity contribution in [3.8, 4) is 0 Å². The van der Waals surface area contributed by atoms with Gasteiger partial charge in [-0.05, 0) is 17.2 Å². The quantitative estimate of drug-likeness (QED) is 0.865. The van der Waals surface area contributed by atoms with Gasteiger partial charge in [-0.1, -0.05) is 24.3 Å². The molecule has 1 heterocycles. The Balaban J connectivity index is 1.92. The second kappa shape index (κ2) is 6.68. The molecule has 1 amide bonds. The highest BCUT2D eigenvalue weighted by Gasteiger charge is 2.04. The number of benzene rings is 1. The number of nitrogens with one attached hydrogen (secondary N) is 2. The largest absolute Gasteiger partial charge is 0.380 e. The van der Waals surface area contributed by atoms with Crippen LogP contribution in [-0.2, 0) is 17.9 Å². The molecule has 0 radical (unpaired) electrons. The fourth-order valence-corrected chi connectivity index (χ4v) is 1.76. The van der Waals surface area contributed by atoms with Gasteiger partial charge >= 0.3 is 0 Å². The van der Waals surface area contributed by atoms with Gasteiger partial charge in [-0.25, -0.2) is 0 Å². The Morgan fingerprint density at radius 1 is 1.15 bits per heavy atom. The lowest BCUT2D eigenvalue weighted by atomic mass is 10.1. The Labute approximate surface area is 116 Å². The zero-order valence-electron chi connectivity index (χ0n) is 11.2. The van der Waals surface area contributed by atoms with E-state index < -0.39 is 0 Å². The minimum atomic E-state index is -0.227. The van der Waals surface area contributed by atoms with E-state index in [0.29, 0.717) is 18.7 Å². The minimum absolute atomic E-state index is 0.220. The number of pyridine rings is 1. The van der Waals surface area contributed by atoms with Gasteiger partial charge in [0.15, 0.2) is 0 Å². The highest BCUT2D eigenvalue weighted by molar-refractivity contribution is 5.93. The van der Waals surface area contributed by atoms with Gasteiger partial charge in [-0.3, -0.25) is 9.59 Å². The molecule has 20 heavy (non-hydrogen) atoms. The number of ether oxygens (including phenoxy) is 1. The van der Waals surface area contributed by atoms with Crippen molar-refractivity contribution < 1.29 is 9.53 Å². The molecule has 0 unspecified atom stereocenters. The number of carbonyl (C=O) groups is 1. The van der Waals surface area contributed by atoms with Gasteiger partial charge in [0, 0.05) is 25.9 Å². The van der Waals surface area contributed by atoms with Crippen LogP contribution in [0, 0.1) is 0 Å². The number of aromatic nitrogens is 1. The van der Waals surface area contributed by atoms with Crippen LogP contribution in [0.25, 0.3) is 0 Å². The normalized spacial score (nSPS) is 10.2. The molecule has 5 heteroatoms. The number of rotatable bonds is 5. The van der Waals surface area contributed by atoms with Crippen molar-refractivity contribution in [1.29, 1.82) is 0 Å². The van der Waals surface area contributed by atoms with E-state index in [9.17, 15) is 9.59 Å². The first-order chi connectivity index (χ1) is 9.69. The molecular formula is C15H16N2O3. The van der Waals surface area contributed by atoms with Gasteiger partial charge in [-0.15, -0.1) is 0 Å². The molecule has 1 aromatic heterocycles. The summed E-state index contributed by atoms with van der Waals surface area (Å²) in [4.78, 5) is 25.2. The zero-order valence-corrected chi connectivity index (χ0v) is 11.2. The summed E-state index contributed by atoms with van der Waals surface area (Å²) in [5.74, 6) is -0.220. The summed E-state index contributed by atoms with van der Waals surface area (Å²) in [6.07, 6.45) is 1.40. The molecule has 0 aliphatic heterocycles. The van der Waals surface area contributed by atoms with Crippen LogP contribution in [0.1, 0.15) is 21.5 Å². The number of aromatic amines is 1. The first-order valence-electron chi connectivity index (χ1n) is 6.23. The van der Waals surface area contributed by atoms with Crippen molar-refractivity contribution in [3.63, 3.8) is 0 Å². The van der Waals surface area contributed by atoms with Gasteiger partial charge in [0.25, 0.3) is 5.91 Å². The lowest BCUT2D eigenvalue weighted by Gasteiger charge is -2.06. The summed E-state index contributed by atoms with van der Waals surface area (Å²) in [5, 5.41) is 2.79. The van der Waals surface area contributed by atoms with E-state index in [4.69, 9.17) is 4.74 Å². The fourth-order valence-electron chi connectivity index (χ4n) is 1.76. The summed E-state index contributed by atoms with van der Waals surface area (Å²) < 4.78 is 5.03. The van der Waals surface area contributed by atoms with E-state index in [-0.39, 0.29) is 11.5 Å². The van der Waals surface area contributed by atoms with Crippen molar-refractivity contribution >= 4 is 5.91 Å². The second-order valence-electron chi connectivity index (χ2n) is 4.37. The van der Waals surface area contributed by atoms with Gasteiger partial charge in [-0.2, -0.15) is 0 Å². The van der Waals surface area contributed by atoms with Crippen LogP contribution in [0.3, 0.4) is 0 Å². The van der Waals surface area contributed by atoms with Crippen LogP contribution in [0.2, 0.25) is 0 Å². The van der Waals surface area contributed by atoms with E-state index in [2.05, 4.69) is 10.3 Å². The first-order valence-corrected chi connectivity index (χ1v) is 6.23. The molecule has 5 nitrogen and oxygen atoms in total. The lowest BCUT2D eigenvalue weighted by molar-refractivity contribution is 0.0950. The third-order valence-corrected chi connectivity index (χ3v) is 2.83. The smallest absolute Gasteiger partial charge is 0.253 e. The predicted octanol–water partition coefficient (Wildman–Crippen LogP) is 1.45. The van der Waals surface area contributed by atoms with Crippen molar-refractivity contribution in [2.45, 2.75) is 13.2 Å².